The van der Waals surface area contributed by atoms with Gasteiger partial charge in [0.15, 0.2) is 0 Å². The molecule has 2 fully saturated rings. The summed E-state index contributed by atoms with van der Waals surface area (Å²) in [5, 5.41) is 1.73. The lowest BCUT2D eigenvalue weighted by Gasteiger charge is -2.22. The molecule has 8 heteroatoms. The van der Waals surface area contributed by atoms with Gasteiger partial charge in [-0.3, -0.25) is 9.63 Å². The van der Waals surface area contributed by atoms with Crippen molar-refractivity contribution in [1.29, 1.82) is 0 Å². The summed E-state index contributed by atoms with van der Waals surface area (Å²) in [4.78, 5) is 29.8. The molecule has 0 N–H and O–H groups in total. The van der Waals surface area contributed by atoms with E-state index in [-0.39, 0.29) is 24.7 Å². The van der Waals surface area contributed by atoms with Gasteiger partial charge in [-0.2, -0.15) is 5.06 Å². The summed E-state index contributed by atoms with van der Waals surface area (Å²) in [5.74, 6) is -0.354. The van der Waals surface area contributed by atoms with Crippen LogP contribution < -0.4 is 4.74 Å². The van der Waals surface area contributed by atoms with E-state index in [1.54, 1.807) is 25.2 Å². The molecule has 8 nitrogen and oxygen atoms in total. The number of ether oxygens (including phenoxy) is 4. The number of fused-ring (bicyclic) bond motifs is 1. The van der Waals surface area contributed by atoms with E-state index in [0.717, 1.165) is 11.3 Å². The van der Waals surface area contributed by atoms with Gasteiger partial charge in [-0.15, -0.1) is 0 Å². The van der Waals surface area contributed by atoms with Crippen molar-refractivity contribution >= 4 is 11.9 Å². The summed E-state index contributed by atoms with van der Waals surface area (Å²) >= 11 is 0. The van der Waals surface area contributed by atoms with Gasteiger partial charge in [0.25, 0.3) is 0 Å². The first-order valence-corrected chi connectivity index (χ1v) is 10.3. The number of nitrogens with zero attached hydrogens (tertiary/aromatic N) is 1. The second-order valence-corrected chi connectivity index (χ2v) is 7.14. The van der Waals surface area contributed by atoms with Crippen LogP contribution in [0.3, 0.4) is 0 Å². The van der Waals surface area contributed by atoms with Crippen molar-refractivity contribution < 1.29 is 33.4 Å². The zero-order chi connectivity index (χ0) is 21.3. The molecule has 1 unspecified atom stereocenters. The van der Waals surface area contributed by atoms with Crippen LogP contribution in [0.5, 0.6) is 5.75 Å². The molecule has 2 heterocycles. The van der Waals surface area contributed by atoms with Crippen molar-refractivity contribution in [2.45, 2.75) is 38.5 Å². The van der Waals surface area contributed by atoms with Gasteiger partial charge in [-0.25, -0.2) is 4.79 Å². The van der Waals surface area contributed by atoms with Crippen LogP contribution in [0.1, 0.15) is 25.3 Å². The van der Waals surface area contributed by atoms with Gasteiger partial charge in [-0.05, 0) is 31.0 Å². The summed E-state index contributed by atoms with van der Waals surface area (Å²) in [6, 6.07) is 7.40. The topological polar surface area (TPSA) is 83.5 Å². The number of hydrogen-bond acceptors (Lipinski definition) is 8. The molecule has 0 aromatic heterocycles. The van der Waals surface area contributed by atoms with Crippen molar-refractivity contribution in [1.82, 2.24) is 5.06 Å². The zero-order valence-electron chi connectivity index (χ0n) is 17.5. The Morgan fingerprint density at radius 2 is 2.07 bits per heavy atom. The van der Waals surface area contributed by atoms with E-state index in [0.29, 0.717) is 39.2 Å². The maximum atomic E-state index is 12.2. The number of rotatable bonds is 10. The van der Waals surface area contributed by atoms with Crippen molar-refractivity contribution in [2.75, 3.05) is 33.5 Å². The molecule has 0 amide bonds. The third-order valence-corrected chi connectivity index (χ3v) is 5.15. The lowest BCUT2D eigenvalue weighted by Crippen LogP contribution is -2.40. The highest BCUT2D eigenvalue weighted by atomic mass is 16.7. The Bertz CT molecular complexity index is 734. The van der Waals surface area contributed by atoms with E-state index in [1.165, 1.54) is 6.08 Å². The first kappa shape index (κ1) is 22.3. The SMILES string of the molecule is CCOC(=O)C1CON2CC[C@@H](OC(=O)/C=C/CCOCc3ccc(OC)cc3)[C@@H]12. The molecule has 2 aliphatic rings. The Morgan fingerprint density at radius 3 is 2.80 bits per heavy atom. The minimum absolute atomic E-state index is 0.263. The highest BCUT2D eigenvalue weighted by molar-refractivity contribution is 5.82. The van der Waals surface area contributed by atoms with Gasteiger partial charge < -0.3 is 18.9 Å². The normalized spacial score (nSPS) is 23.5. The summed E-state index contributed by atoms with van der Waals surface area (Å²) in [5.41, 5.74) is 1.06. The van der Waals surface area contributed by atoms with Crippen LogP contribution in [0.4, 0.5) is 0 Å². The van der Waals surface area contributed by atoms with Crippen molar-refractivity contribution in [3.63, 3.8) is 0 Å². The average molecular weight is 419 g/mol. The maximum Gasteiger partial charge on any atom is 0.330 e. The molecule has 0 radical (unpaired) electrons. The highest BCUT2D eigenvalue weighted by Gasteiger charge is 2.50. The van der Waals surface area contributed by atoms with Crippen molar-refractivity contribution in [2.24, 2.45) is 5.92 Å². The fourth-order valence-corrected chi connectivity index (χ4v) is 3.66. The molecule has 3 rings (SSSR count). The minimum Gasteiger partial charge on any atom is -0.497 e. The number of benzene rings is 1. The predicted molar refractivity (Wildman–Crippen MR) is 107 cm³/mol. The van der Waals surface area contributed by atoms with Gasteiger partial charge in [0, 0.05) is 19.0 Å². The van der Waals surface area contributed by atoms with E-state index in [4.69, 9.17) is 23.8 Å². The first-order valence-electron chi connectivity index (χ1n) is 10.3. The van der Waals surface area contributed by atoms with Crippen LogP contribution in [-0.2, 0) is 35.2 Å². The molecule has 30 heavy (non-hydrogen) atoms. The zero-order valence-corrected chi connectivity index (χ0v) is 17.5. The van der Waals surface area contributed by atoms with Crippen LogP contribution in [0.2, 0.25) is 0 Å². The van der Waals surface area contributed by atoms with Crippen LogP contribution in [0.15, 0.2) is 36.4 Å². The largest absolute Gasteiger partial charge is 0.497 e. The Balaban J connectivity index is 1.37. The standard InChI is InChI=1S/C22H29NO7/c1-3-28-22(25)18-15-29-23-12-11-19(21(18)23)30-20(24)6-4-5-13-27-14-16-7-9-17(26-2)10-8-16/h4,6-10,18-19,21H,3,5,11-15H2,1-2H3/b6-4+/t18?,19-,21-/m1/s1. The quantitative estimate of drug-likeness (QED) is 0.324. The molecule has 0 saturated carbocycles. The third kappa shape index (κ3) is 5.81. The monoisotopic (exact) mass is 419 g/mol. The molecular formula is C22H29NO7. The molecule has 0 aliphatic carbocycles. The van der Waals surface area contributed by atoms with Crippen molar-refractivity contribution in [3.05, 3.63) is 42.0 Å². The smallest absolute Gasteiger partial charge is 0.330 e. The van der Waals surface area contributed by atoms with E-state index in [9.17, 15) is 9.59 Å². The maximum absolute atomic E-state index is 12.2. The summed E-state index contributed by atoms with van der Waals surface area (Å²) < 4.78 is 21.4. The van der Waals surface area contributed by atoms with E-state index < -0.39 is 11.9 Å². The molecular weight excluding hydrogens is 390 g/mol. The Kier molecular flexibility index (Phi) is 8.24. The summed E-state index contributed by atoms with van der Waals surface area (Å²) in [6.07, 6.45) is 3.99. The minimum atomic E-state index is -0.430. The number of hydroxylamine groups is 2. The fourth-order valence-electron chi connectivity index (χ4n) is 3.66. The van der Waals surface area contributed by atoms with Gasteiger partial charge in [0.05, 0.1) is 39.6 Å². The average Bonchev–Trinajstić information content (AvgIpc) is 3.34. The molecule has 0 spiro atoms. The van der Waals surface area contributed by atoms with Crippen LogP contribution in [-0.4, -0.2) is 62.6 Å². The fraction of sp³-hybridized carbons (Fsp3) is 0.545. The second kappa shape index (κ2) is 11.1. The Morgan fingerprint density at radius 1 is 1.27 bits per heavy atom. The Labute approximate surface area is 176 Å². The molecule has 2 saturated heterocycles. The molecule has 1 aromatic carbocycles. The molecule has 3 atom stereocenters. The summed E-state index contributed by atoms with van der Waals surface area (Å²) in [6.45, 7) is 3.96. The third-order valence-electron chi connectivity index (χ3n) is 5.15. The van der Waals surface area contributed by atoms with Crippen LogP contribution in [0, 0.1) is 5.92 Å². The highest BCUT2D eigenvalue weighted by Crippen LogP contribution is 2.33. The summed E-state index contributed by atoms with van der Waals surface area (Å²) in [7, 11) is 1.63. The van der Waals surface area contributed by atoms with Crippen molar-refractivity contribution in [3.8, 4) is 5.75 Å². The molecule has 0 bridgehead atoms. The van der Waals surface area contributed by atoms with Gasteiger partial charge in [0.1, 0.15) is 17.8 Å². The number of hydrogen-bond donors (Lipinski definition) is 0. The van der Waals surface area contributed by atoms with Gasteiger partial charge in [0.2, 0.25) is 0 Å². The van der Waals surface area contributed by atoms with Gasteiger partial charge >= 0.3 is 11.9 Å². The van der Waals surface area contributed by atoms with Gasteiger partial charge in [-0.1, -0.05) is 18.2 Å². The molecule has 1 aromatic rings. The number of methoxy groups -OCH3 is 1. The van der Waals surface area contributed by atoms with Crippen LogP contribution >= 0.6 is 0 Å². The lowest BCUT2D eigenvalue weighted by molar-refractivity contribution is -0.154. The first-order chi connectivity index (χ1) is 14.6. The molecule has 2 aliphatic heterocycles. The lowest BCUT2D eigenvalue weighted by atomic mass is 9.98. The van der Waals surface area contributed by atoms with Crippen LogP contribution in [0.25, 0.3) is 0 Å². The Hall–Kier alpha value is -2.42. The van der Waals surface area contributed by atoms with E-state index in [2.05, 4.69) is 0 Å². The second-order valence-electron chi connectivity index (χ2n) is 7.14. The number of carbonyl (C=O) groups excluding carboxylic acids is 2. The van der Waals surface area contributed by atoms with E-state index in [1.807, 2.05) is 24.3 Å². The predicted octanol–water partition coefficient (Wildman–Crippen LogP) is 2.27. The molecule has 164 valence electrons. The van der Waals surface area contributed by atoms with E-state index >= 15 is 0 Å². The number of carbonyl (C=O) groups is 2. The number of esters is 2.